The van der Waals surface area contributed by atoms with Crippen LogP contribution in [0.5, 0.6) is 5.88 Å². The number of aromatic nitrogens is 4. The van der Waals surface area contributed by atoms with E-state index in [0.29, 0.717) is 22.5 Å². The summed E-state index contributed by atoms with van der Waals surface area (Å²) in [6.07, 6.45) is 3.22. The maximum absolute atomic E-state index is 12.1. The van der Waals surface area contributed by atoms with E-state index in [0.717, 1.165) is 5.52 Å². The van der Waals surface area contributed by atoms with Crippen LogP contribution in [-0.2, 0) is 0 Å². The van der Waals surface area contributed by atoms with Crippen LogP contribution in [0.2, 0.25) is 0 Å². The molecule has 3 aromatic rings. The quantitative estimate of drug-likeness (QED) is 0.751. The molecular weight excluding hydrogens is 268 g/mol. The van der Waals surface area contributed by atoms with Crippen molar-refractivity contribution in [1.82, 2.24) is 19.9 Å². The Hall–Kier alpha value is -2.76. The minimum Gasteiger partial charge on any atom is -0.493 e. The van der Waals surface area contributed by atoms with Crippen LogP contribution in [-0.4, -0.2) is 25.0 Å². The molecule has 0 fully saturated rings. The fourth-order valence-electron chi connectivity index (χ4n) is 2.24. The fourth-order valence-corrected chi connectivity index (χ4v) is 2.24. The first-order valence-electron chi connectivity index (χ1n) is 6.60. The second-order valence-corrected chi connectivity index (χ2v) is 5.07. The van der Waals surface area contributed by atoms with Crippen molar-refractivity contribution < 1.29 is 5.11 Å². The van der Waals surface area contributed by atoms with Crippen molar-refractivity contribution in [1.29, 1.82) is 0 Å². The second kappa shape index (κ2) is 4.97. The molecule has 0 spiro atoms. The Morgan fingerprint density at radius 3 is 2.52 bits per heavy atom. The molecule has 0 bridgehead atoms. The molecule has 3 rings (SSSR count). The van der Waals surface area contributed by atoms with Gasteiger partial charge in [-0.15, -0.1) is 0 Å². The van der Waals surface area contributed by atoms with Gasteiger partial charge in [-0.25, -0.2) is 0 Å². The predicted molar refractivity (Wildman–Crippen MR) is 79.1 cm³/mol. The lowest BCUT2D eigenvalue weighted by molar-refractivity contribution is 0.440. The molecule has 1 aromatic carbocycles. The second-order valence-electron chi connectivity index (χ2n) is 5.07. The van der Waals surface area contributed by atoms with Crippen molar-refractivity contribution in [3.63, 3.8) is 0 Å². The highest BCUT2D eigenvalue weighted by Crippen LogP contribution is 2.23. The maximum Gasteiger partial charge on any atom is 0.258 e. The molecule has 106 valence electrons. The third kappa shape index (κ3) is 2.35. The van der Waals surface area contributed by atoms with Gasteiger partial charge in [0, 0.05) is 18.0 Å². The molecule has 2 aromatic heterocycles. The maximum atomic E-state index is 12.1. The zero-order valence-electron chi connectivity index (χ0n) is 11.7. The van der Waals surface area contributed by atoms with Gasteiger partial charge >= 0.3 is 0 Å². The molecular formula is C15H14N4O2. The first kappa shape index (κ1) is 13.2. The van der Waals surface area contributed by atoms with Gasteiger partial charge in [-0.2, -0.15) is 4.98 Å². The third-order valence-corrected chi connectivity index (χ3v) is 3.26. The summed E-state index contributed by atoms with van der Waals surface area (Å²) in [7, 11) is 0. The van der Waals surface area contributed by atoms with E-state index in [1.54, 1.807) is 30.6 Å². The average molecular weight is 282 g/mol. The molecule has 21 heavy (non-hydrogen) atoms. The van der Waals surface area contributed by atoms with Gasteiger partial charge in [-0.05, 0) is 24.1 Å². The van der Waals surface area contributed by atoms with Crippen molar-refractivity contribution in [2.24, 2.45) is 0 Å². The Balaban J connectivity index is 2.17. The van der Waals surface area contributed by atoms with Gasteiger partial charge < -0.3 is 10.1 Å². The standard InChI is InChI=1S/C15H14N4O2/c1-8(2)12-14(20)18-13(19-15(12)21)9-3-4-10-11(7-9)17-6-5-16-10/h3-8H,1-2H3,(H2,18,19,20,21). The molecule has 0 atom stereocenters. The monoisotopic (exact) mass is 282 g/mol. The van der Waals surface area contributed by atoms with Crippen molar-refractivity contribution in [2.75, 3.05) is 0 Å². The van der Waals surface area contributed by atoms with E-state index in [2.05, 4.69) is 19.9 Å². The van der Waals surface area contributed by atoms with Crippen LogP contribution in [0.15, 0.2) is 35.4 Å². The van der Waals surface area contributed by atoms with E-state index in [-0.39, 0.29) is 17.4 Å². The van der Waals surface area contributed by atoms with Gasteiger partial charge in [0.25, 0.3) is 5.56 Å². The minimum absolute atomic E-state index is 0.0993. The van der Waals surface area contributed by atoms with E-state index < -0.39 is 0 Å². The minimum atomic E-state index is -0.327. The number of hydrogen-bond acceptors (Lipinski definition) is 5. The van der Waals surface area contributed by atoms with Crippen molar-refractivity contribution in [3.8, 4) is 17.3 Å². The molecule has 6 heteroatoms. The third-order valence-electron chi connectivity index (χ3n) is 3.26. The normalized spacial score (nSPS) is 11.2. The molecule has 2 heterocycles. The van der Waals surface area contributed by atoms with E-state index in [9.17, 15) is 9.90 Å². The highest BCUT2D eigenvalue weighted by Gasteiger charge is 2.15. The Morgan fingerprint density at radius 2 is 1.86 bits per heavy atom. The zero-order chi connectivity index (χ0) is 15.0. The molecule has 0 radical (unpaired) electrons. The van der Waals surface area contributed by atoms with Gasteiger partial charge in [0.05, 0.1) is 16.6 Å². The Kier molecular flexibility index (Phi) is 3.13. The largest absolute Gasteiger partial charge is 0.493 e. The molecule has 0 amide bonds. The summed E-state index contributed by atoms with van der Waals surface area (Å²) in [5.41, 5.74) is 2.09. The van der Waals surface area contributed by atoms with Crippen LogP contribution in [0.4, 0.5) is 0 Å². The fraction of sp³-hybridized carbons (Fsp3) is 0.200. The smallest absolute Gasteiger partial charge is 0.258 e. The zero-order valence-corrected chi connectivity index (χ0v) is 11.7. The van der Waals surface area contributed by atoms with Crippen LogP contribution < -0.4 is 5.56 Å². The van der Waals surface area contributed by atoms with E-state index in [1.807, 2.05) is 13.8 Å². The number of fused-ring (bicyclic) bond motifs is 1. The highest BCUT2D eigenvalue weighted by atomic mass is 16.3. The van der Waals surface area contributed by atoms with E-state index in [1.165, 1.54) is 0 Å². The average Bonchev–Trinajstić information content (AvgIpc) is 2.45. The number of aromatic amines is 1. The summed E-state index contributed by atoms with van der Waals surface area (Å²) in [5, 5.41) is 9.96. The molecule has 0 saturated heterocycles. The first-order chi connectivity index (χ1) is 10.1. The molecule has 0 saturated carbocycles. The molecule has 2 N–H and O–H groups in total. The predicted octanol–water partition coefficient (Wildman–Crippen LogP) is 2.21. The number of aromatic hydroxyl groups is 1. The highest BCUT2D eigenvalue weighted by molar-refractivity contribution is 5.79. The van der Waals surface area contributed by atoms with Crippen LogP contribution in [0.25, 0.3) is 22.4 Å². The van der Waals surface area contributed by atoms with E-state index >= 15 is 0 Å². The van der Waals surface area contributed by atoms with Gasteiger partial charge in [0.1, 0.15) is 5.82 Å². The summed E-state index contributed by atoms with van der Waals surface area (Å²) in [4.78, 5) is 27.2. The first-order valence-corrected chi connectivity index (χ1v) is 6.60. The van der Waals surface area contributed by atoms with Crippen LogP contribution in [0.3, 0.4) is 0 Å². The molecule has 0 aliphatic carbocycles. The summed E-state index contributed by atoms with van der Waals surface area (Å²) < 4.78 is 0. The number of nitrogens with zero attached hydrogens (tertiary/aromatic N) is 3. The van der Waals surface area contributed by atoms with Crippen molar-refractivity contribution in [3.05, 3.63) is 46.5 Å². The lowest BCUT2D eigenvalue weighted by Crippen LogP contribution is -2.16. The number of rotatable bonds is 2. The van der Waals surface area contributed by atoms with Crippen LogP contribution in [0.1, 0.15) is 25.3 Å². The lowest BCUT2D eigenvalue weighted by atomic mass is 10.1. The number of benzene rings is 1. The van der Waals surface area contributed by atoms with Crippen molar-refractivity contribution in [2.45, 2.75) is 19.8 Å². The Bertz CT molecular complexity index is 871. The summed E-state index contributed by atoms with van der Waals surface area (Å²) in [5.74, 6) is -0.0183. The number of hydrogen-bond donors (Lipinski definition) is 2. The van der Waals surface area contributed by atoms with Crippen LogP contribution >= 0.6 is 0 Å². The summed E-state index contributed by atoms with van der Waals surface area (Å²) in [6.45, 7) is 3.66. The van der Waals surface area contributed by atoms with Gasteiger partial charge in [-0.3, -0.25) is 14.8 Å². The van der Waals surface area contributed by atoms with Crippen LogP contribution in [0, 0.1) is 0 Å². The van der Waals surface area contributed by atoms with E-state index in [4.69, 9.17) is 0 Å². The SMILES string of the molecule is CC(C)c1c(O)nc(-c2ccc3nccnc3c2)[nH]c1=O. The molecule has 0 aliphatic rings. The Labute approximate surface area is 120 Å². The molecule has 6 nitrogen and oxygen atoms in total. The number of H-pyrrole nitrogens is 1. The lowest BCUT2D eigenvalue weighted by Gasteiger charge is -2.08. The Morgan fingerprint density at radius 1 is 1.14 bits per heavy atom. The molecule has 0 unspecified atom stereocenters. The van der Waals surface area contributed by atoms with Crippen molar-refractivity contribution >= 4 is 11.0 Å². The molecule has 0 aliphatic heterocycles. The van der Waals surface area contributed by atoms with Gasteiger partial charge in [-0.1, -0.05) is 13.8 Å². The summed E-state index contributed by atoms with van der Waals surface area (Å²) >= 11 is 0. The van der Waals surface area contributed by atoms with Gasteiger partial charge in [0.2, 0.25) is 5.88 Å². The summed E-state index contributed by atoms with van der Waals surface area (Å²) in [6, 6.07) is 5.35. The topological polar surface area (TPSA) is 91.8 Å². The number of nitrogens with one attached hydrogen (secondary N) is 1. The van der Waals surface area contributed by atoms with Gasteiger partial charge in [0.15, 0.2) is 0 Å².